The molecule has 5 heteroatoms. The molecular weight excluding hydrogens is 244 g/mol. The van der Waals surface area contributed by atoms with Gasteiger partial charge in [-0.15, -0.1) is 0 Å². The summed E-state index contributed by atoms with van der Waals surface area (Å²) >= 11 is 0. The number of rotatable bonds is 3. The molecule has 0 unspecified atom stereocenters. The molecule has 0 bridgehead atoms. The van der Waals surface area contributed by atoms with Gasteiger partial charge in [0.05, 0.1) is 11.4 Å². The molecule has 0 amide bonds. The molecule has 0 radical (unpaired) electrons. The number of carboxylic acid groups (broad SMARTS) is 1. The molecule has 1 aliphatic heterocycles. The largest absolute Gasteiger partial charge is 0.507 e. The number of carboxylic acids is 1. The van der Waals surface area contributed by atoms with E-state index in [1.165, 1.54) is 12.1 Å². The van der Waals surface area contributed by atoms with E-state index < -0.39 is 5.97 Å². The third-order valence-electron chi connectivity index (χ3n) is 2.75. The molecule has 19 heavy (non-hydrogen) atoms. The topological polar surface area (TPSA) is 81.6 Å². The quantitative estimate of drug-likeness (QED) is 0.663. The highest BCUT2D eigenvalue weighted by atomic mass is 16.4. The van der Waals surface area contributed by atoms with Crippen LogP contribution in [0.3, 0.4) is 0 Å². The van der Waals surface area contributed by atoms with Crippen LogP contribution in [0.15, 0.2) is 48.3 Å². The summed E-state index contributed by atoms with van der Waals surface area (Å²) in [6.45, 7) is 0. The Morgan fingerprint density at radius 1 is 1.32 bits per heavy atom. The molecule has 98 valence electrons. The lowest BCUT2D eigenvalue weighted by molar-refractivity contribution is 0.0693. The van der Waals surface area contributed by atoms with Crippen molar-refractivity contribution >= 4 is 11.7 Å². The molecule has 0 spiro atoms. The maximum absolute atomic E-state index is 10.9. The maximum atomic E-state index is 10.9. The first-order chi connectivity index (χ1) is 9.13. The number of hydrogen-bond donors (Lipinski definition) is 4. The number of benzene rings is 1. The van der Waals surface area contributed by atoms with E-state index in [9.17, 15) is 9.90 Å². The van der Waals surface area contributed by atoms with E-state index in [-0.39, 0.29) is 11.3 Å². The number of phenols is 1. The first-order valence-corrected chi connectivity index (χ1v) is 5.72. The fourth-order valence-corrected chi connectivity index (χ4v) is 1.85. The normalized spacial score (nSPS) is 15.8. The SMILES string of the molecule is CN/C(=C1/C=CC=CN1)c1ccc(C(=O)O)c(O)c1. The van der Waals surface area contributed by atoms with Crippen LogP contribution < -0.4 is 10.6 Å². The Labute approximate surface area is 110 Å². The maximum Gasteiger partial charge on any atom is 0.339 e. The summed E-state index contributed by atoms with van der Waals surface area (Å²) in [7, 11) is 1.76. The molecule has 0 atom stereocenters. The van der Waals surface area contributed by atoms with Crippen molar-refractivity contribution in [2.24, 2.45) is 0 Å². The van der Waals surface area contributed by atoms with Crippen LogP contribution in [0.2, 0.25) is 0 Å². The van der Waals surface area contributed by atoms with Crippen molar-refractivity contribution < 1.29 is 15.0 Å². The highest BCUT2D eigenvalue weighted by Gasteiger charge is 2.13. The highest BCUT2D eigenvalue weighted by Crippen LogP contribution is 2.24. The molecule has 0 aromatic heterocycles. The lowest BCUT2D eigenvalue weighted by Gasteiger charge is -2.15. The molecule has 4 N–H and O–H groups in total. The van der Waals surface area contributed by atoms with E-state index in [0.717, 1.165) is 11.4 Å². The van der Waals surface area contributed by atoms with E-state index >= 15 is 0 Å². The second-order valence-electron chi connectivity index (χ2n) is 3.94. The van der Waals surface area contributed by atoms with Gasteiger partial charge in [-0.25, -0.2) is 4.79 Å². The van der Waals surface area contributed by atoms with Crippen LogP contribution in [-0.4, -0.2) is 23.2 Å². The van der Waals surface area contributed by atoms with E-state index in [1.807, 2.05) is 18.2 Å². The number of carbonyl (C=O) groups is 1. The molecule has 0 fully saturated rings. The Morgan fingerprint density at radius 3 is 2.63 bits per heavy atom. The second-order valence-corrected chi connectivity index (χ2v) is 3.94. The number of allylic oxidation sites excluding steroid dienone is 3. The fourth-order valence-electron chi connectivity index (χ4n) is 1.85. The number of aromatic hydroxyl groups is 1. The Kier molecular flexibility index (Phi) is 3.56. The monoisotopic (exact) mass is 258 g/mol. The molecule has 1 aromatic rings. The van der Waals surface area contributed by atoms with Gasteiger partial charge < -0.3 is 20.8 Å². The summed E-state index contributed by atoms with van der Waals surface area (Å²) < 4.78 is 0. The zero-order valence-corrected chi connectivity index (χ0v) is 10.3. The predicted molar refractivity (Wildman–Crippen MR) is 72.5 cm³/mol. The van der Waals surface area contributed by atoms with Gasteiger partial charge in [-0.1, -0.05) is 12.1 Å². The molecule has 0 saturated carbocycles. The molecule has 1 aliphatic rings. The van der Waals surface area contributed by atoms with Gasteiger partial charge in [0, 0.05) is 18.8 Å². The summed E-state index contributed by atoms with van der Waals surface area (Å²) in [6, 6.07) is 4.46. The van der Waals surface area contributed by atoms with Crippen molar-refractivity contribution in [3.63, 3.8) is 0 Å². The van der Waals surface area contributed by atoms with Crippen LogP contribution in [0.4, 0.5) is 0 Å². The van der Waals surface area contributed by atoms with E-state index in [4.69, 9.17) is 5.11 Å². The summed E-state index contributed by atoms with van der Waals surface area (Å²) in [6.07, 6.45) is 7.42. The number of aromatic carboxylic acids is 1. The molecule has 2 rings (SSSR count). The first-order valence-electron chi connectivity index (χ1n) is 5.72. The van der Waals surface area contributed by atoms with Crippen LogP contribution in [0, 0.1) is 0 Å². The Balaban J connectivity index is 2.45. The zero-order chi connectivity index (χ0) is 13.8. The first kappa shape index (κ1) is 12.8. The van der Waals surface area contributed by atoms with Crippen molar-refractivity contribution in [1.82, 2.24) is 10.6 Å². The second kappa shape index (κ2) is 5.30. The minimum absolute atomic E-state index is 0.115. The van der Waals surface area contributed by atoms with E-state index in [1.54, 1.807) is 19.3 Å². The molecule has 0 saturated heterocycles. The Morgan fingerprint density at radius 2 is 2.11 bits per heavy atom. The van der Waals surface area contributed by atoms with Crippen molar-refractivity contribution in [2.45, 2.75) is 0 Å². The number of dihydropyridines is 1. The summed E-state index contributed by atoms with van der Waals surface area (Å²) in [4.78, 5) is 10.9. The third-order valence-corrected chi connectivity index (χ3v) is 2.75. The molecule has 1 aromatic carbocycles. The van der Waals surface area contributed by atoms with Crippen molar-refractivity contribution in [3.05, 3.63) is 59.5 Å². The minimum atomic E-state index is -1.15. The van der Waals surface area contributed by atoms with Gasteiger partial charge in [0.15, 0.2) is 0 Å². The lowest BCUT2D eigenvalue weighted by Crippen LogP contribution is -2.15. The van der Waals surface area contributed by atoms with Gasteiger partial charge in [-0.05, 0) is 24.3 Å². The Hall–Kier alpha value is -2.69. The van der Waals surface area contributed by atoms with Gasteiger partial charge >= 0.3 is 5.97 Å². The van der Waals surface area contributed by atoms with Gasteiger partial charge in [0.1, 0.15) is 11.3 Å². The average Bonchev–Trinajstić information content (AvgIpc) is 2.40. The molecule has 1 heterocycles. The van der Waals surface area contributed by atoms with E-state index in [0.29, 0.717) is 5.56 Å². The van der Waals surface area contributed by atoms with Crippen LogP contribution in [0.25, 0.3) is 5.70 Å². The van der Waals surface area contributed by atoms with Crippen LogP contribution in [-0.2, 0) is 0 Å². The predicted octanol–water partition coefficient (Wildman–Crippen LogP) is 1.65. The molecular formula is C14H14N2O3. The van der Waals surface area contributed by atoms with Gasteiger partial charge in [0.25, 0.3) is 0 Å². The average molecular weight is 258 g/mol. The van der Waals surface area contributed by atoms with Crippen molar-refractivity contribution in [3.8, 4) is 5.75 Å². The summed E-state index contributed by atoms with van der Waals surface area (Å²) in [5, 5.41) is 24.7. The Bertz CT molecular complexity index is 601. The van der Waals surface area contributed by atoms with Crippen LogP contribution >= 0.6 is 0 Å². The van der Waals surface area contributed by atoms with E-state index in [2.05, 4.69) is 10.6 Å². The minimum Gasteiger partial charge on any atom is -0.507 e. The smallest absolute Gasteiger partial charge is 0.339 e. The van der Waals surface area contributed by atoms with Crippen molar-refractivity contribution in [1.29, 1.82) is 0 Å². The molecule has 0 aliphatic carbocycles. The highest BCUT2D eigenvalue weighted by molar-refractivity contribution is 5.91. The lowest BCUT2D eigenvalue weighted by atomic mass is 10.1. The number of hydrogen-bond acceptors (Lipinski definition) is 4. The zero-order valence-electron chi connectivity index (χ0n) is 10.3. The standard InChI is InChI=1S/C14H14N2O3/c1-15-13(11-4-2-3-7-16-11)9-5-6-10(14(18)19)12(17)8-9/h2-8,15-17H,1H3,(H,18,19)/b13-11-. The third kappa shape index (κ3) is 2.60. The molecule has 5 nitrogen and oxygen atoms in total. The summed E-state index contributed by atoms with van der Waals surface area (Å²) in [5.41, 5.74) is 2.20. The van der Waals surface area contributed by atoms with Crippen LogP contribution in [0.5, 0.6) is 5.75 Å². The van der Waals surface area contributed by atoms with Gasteiger partial charge in [0.2, 0.25) is 0 Å². The van der Waals surface area contributed by atoms with Gasteiger partial charge in [-0.3, -0.25) is 0 Å². The fraction of sp³-hybridized carbons (Fsp3) is 0.0714. The van der Waals surface area contributed by atoms with Gasteiger partial charge in [-0.2, -0.15) is 0 Å². The summed E-state index contributed by atoms with van der Waals surface area (Å²) in [5.74, 6) is -1.41. The van der Waals surface area contributed by atoms with Crippen LogP contribution in [0.1, 0.15) is 15.9 Å². The number of nitrogens with one attached hydrogen (secondary N) is 2. The van der Waals surface area contributed by atoms with Crippen molar-refractivity contribution in [2.75, 3.05) is 7.05 Å².